The Morgan fingerprint density at radius 2 is 1.92 bits per heavy atom. The van der Waals surface area contributed by atoms with Gasteiger partial charge < -0.3 is 5.73 Å². The molecule has 0 amide bonds. The molecule has 4 rings (SSSR count). The van der Waals surface area contributed by atoms with E-state index >= 15 is 0 Å². The molecule has 0 aliphatic rings. The number of aromatic nitrogens is 3. The minimum Gasteiger partial charge on any atom is -0.368 e. The number of anilines is 1. The maximum Gasteiger partial charge on any atom is 0.220 e. The van der Waals surface area contributed by atoms with Gasteiger partial charge in [0.1, 0.15) is 5.52 Å². The molecule has 120 valence electrons. The summed E-state index contributed by atoms with van der Waals surface area (Å²) in [5.74, 6) is 0.317. The van der Waals surface area contributed by atoms with E-state index in [1.54, 1.807) is 11.3 Å². The zero-order chi connectivity index (χ0) is 16.7. The Morgan fingerprint density at radius 1 is 1.04 bits per heavy atom. The van der Waals surface area contributed by atoms with Crippen LogP contribution in [0.4, 0.5) is 5.95 Å². The highest BCUT2D eigenvalue weighted by Crippen LogP contribution is 2.34. The molecule has 3 aromatic heterocycles. The third-order valence-corrected chi connectivity index (χ3v) is 5.18. The topological polar surface area (TPSA) is 64.7 Å². The van der Waals surface area contributed by atoms with Gasteiger partial charge in [0.05, 0.1) is 21.8 Å². The summed E-state index contributed by atoms with van der Waals surface area (Å²) < 4.78 is 1.28. The summed E-state index contributed by atoms with van der Waals surface area (Å²) in [6.07, 6.45) is 1.85. The molecule has 0 spiro atoms. The Labute approximate surface area is 144 Å². The molecule has 1 aromatic carbocycles. The van der Waals surface area contributed by atoms with E-state index in [0.717, 1.165) is 40.1 Å². The van der Waals surface area contributed by atoms with Crippen LogP contribution in [-0.4, -0.2) is 15.0 Å². The van der Waals surface area contributed by atoms with Gasteiger partial charge in [-0.15, -0.1) is 11.3 Å². The second kappa shape index (κ2) is 5.83. The molecule has 2 N–H and O–H groups in total. The van der Waals surface area contributed by atoms with Crippen molar-refractivity contribution in [2.75, 3.05) is 5.73 Å². The summed E-state index contributed by atoms with van der Waals surface area (Å²) in [4.78, 5) is 14.7. The minimum atomic E-state index is 0.317. The monoisotopic (exact) mass is 334 g/mol. The normalized spacial score (nSPS) is 11.4. The number of pyridine rings is 1. The summed E-state index contributed by atoms with van der Waals surface area (Å²) in [6.45, 7) is 4.24. The van der Waals surface area contributed by atoms with E-state index in [1.807, 2.05) is 12.1 Å². The van der Waals surface area contributed by atoms with Gasteiger partial charge in [-0.25, -0.2) is 15.0 Å². The largest absolute Gasteiger partial charge is 0.368 e. The number of hydrogen-bond donors (Lipinski definition) is 1. The fourth-order valence-corrected chi connectivity index (χ4v) is 3.94. The molecule has 0 saturated heterocycles. The highest BCUT2D eigenvalue weighted by molar-refractivity contribution is 7.22. The number of nitrogens with two attached hydrogens (primary N) is 1. The highest BCUT2D eigenvalue weighted by Gasteiger charge is 2.11. The number of rotatable bonds is 3. The van der Waals surface area contributed by atoms with Gasteiger partial charge in [0.15, 0.2) is 0 Å². The van der Waals surface area contributed by atoms with Crippen molar-refractivity contribution in [1.29, 1.82) is 0 Å². The summed E-state index contributed by atoms with van der Waals surface area (Å²) >= 11 is 1.76. The number of aryl methyl sites for hydroxylation is 2. The van der Waals surface area contributed by atoms with E-state index in [0.29, 0.717) is 5.95 Å². The molecule has 5 heteroatoms. The van der Waals surface area contributed by atoms with Gasteiger partial charge >= 0.3 is 0 Å². The Hall–Kier alpha value is -2.53. The van der Waals surface area contributed by atoms with Crippen molar-refractivity contribution in [3.63, 3.8) is 0 Å². The van der Waals surface area contributed by atoms with Crippen molar-refractivity contribution in [3.05, 3.63) is 47.7 Å². The van der Waals surface area contributed by atoms with E-state index in [2.05, 4.69) is 48.1 Å². The van der Waals surface area contributed by atoms with Gasteiger partial charge in [0, 0.05) is 4.70 Å². The summed E-state index contributed by atoms with van der Waals surface area (Å²) in [5, 5.41) is 1.26. The average molecular weight is 334 g/mol. The maximum atomic E-state index is 5.82. The first-order chi connectivity index (χ1) is 11.6. The molecule has 0 aliphatic heterocycles. The molecule has 0 radical (unpaired) electrons. The minimum absolute atomic E-state index is 0.317. The first kappa shape index (κ1) is 15.0. The van der Waals surface area contributed by atoms with Crippen LogP contribution in [-0.2, 0) is 6.42 Å². The molecule has 4 nitrogen and oxygen atoms in total. The lowest BCUT2D eigenvalue weighted by Crippen LogP contribution is -2.02. The van der Waals surface area contributed by atoms with E-state index in [9.17, 15) is 0 Å². The third kappa shape index (κ3) is 2.61. The van der Waals surface area contributed by atoms with Crippen molar-refractivity contribution >= 4 is 38.4 Å². The summed E-state index contributed by atoms with van der Waals surface area (Å²) in [6, 6.07) is 12.7. The average Bonchev–Trinajstić information content (AvgIpc) is 2.97. The van der Waals surface area contributed by atoms with E-state index in [4.69, 9.17) is 10.7 Å². The Kier molecular flexibility index (Phi) is 3.65. The van der Waals surface area contributed by atoms with Crippen LogP contribution in [0.15, 0.2) is 36.4 Å². The third-order valence-electron chi connectivity index (χ3n) is 4.04. The Balaban J connectivity index is 1.89. The molecule has 0 atom stereocenters. The van der Waals surface area contributed by atoms with Gasteiger partial charge in [-0.3, -0.25) is 0 Å². The summed E-state index contributed by atoms with van der Waals surface area (Å²) in [5.41, 5.74) is 10.7. The second-order valence-electron chi connectivity index (χ2n) is 5.99. The lowest BCUT2D eigenvalue weighted by Gasteiger charge is -2.06. The van der Waals surface area contributed by atoms with Crippen LogP contribution in [0.25, 0.3) is 31.7 Å². The first-order valence-corrected chi connectivity index (χ1v) is 8.89. The number of thiophene rings is 1. The van der Waals surface area contributed by atoms with Crippen molar-refractivity contribution in [2.45, 2.75) is 26.7 Å². The number of nitrogen functional groups attached to an aromatic ring is 1. The molecule has 0 saturated carbocycles. The van der Waals surface area contributed by atoms with Gasteiger partial charge in [0.25, 0.3) is 0 Å². The van der Waals surface area contributed by atoms with Gasteiger partial charge in [-0.2, -0.15) is 0 Å². The molecule has 0 aliphatic carbocycles. The molecule has 0 fully saturated rings. The number of benzene rings is 1. The number of nitrogens with zero attached hydrogens (tertiary/aromatic N) is 3. The SMILES string of the molecule is CCCc1nc(N)nc2ccc(-c3cc4cc(C)ccc4s3)nc12. The zero-order valence-corrected chi connectivity index (χ0v) is 14.5. The Bertz CT molecular complexity index is 1050. The van der Waals surface area contributed by atoms with Crippen molar-refractivity contribution in [1.82, 2.24) is 15.0 Å². The molecule has 4 aromatic rings. The molecular formula is C19H18N4S. The summed E-state index contributed by atoms with van der Waals surface area (Å²) in [7, 11) is 0. The molecule has 24 heavy (non-hydrogen) atoms. The van der Waals surface area contributed by atoms with Crippen LogP contribution in [0.1, 0.15) is 24.6 Å². The van der Waals surface area contributed by atoms with Crippen molar-refractivity contribution in [3.8, 4) is 10.6 Å². The van der Waals surface area contributed by atoms with Crippen LogP contribution in [0.2, 0.25) is 0 Å². The van der Waals surface area contributed by atoms with E-state index in [1.165, 1.54) is 15.6 Å². The fraction of sp³-hybridized carbons (Fsp3) is 0.211. The number of fused-ring (bicyclic) bond motifs is 2. The predicted octanol–water partition coefficient (Wildman–Crippen LogP) is 4.75. The molecule has 3 heterocycles. The van der Waals surface area contributed by atoms with Gasteiger partial charge in [-0.05, 0) is 43.0 Å². The van der Waals surface area contributed by atoms with E-state index in [-0.39, 0.29) is 0 Å². The van der Waals surface area contributed by atoms with Crippen LogP contribution >= 0.6 is 11.3 Å². The maximum absolute atomic E-state index is 5.82. The smallest absolute Gasteiger partial charge is 0.220 e. The van der Waals surface area contributed by atoms with Crippen molar-refractivity contribution in [2.24, 2.45) is 0 Å². The first-order valence-electron chi connectivity index (χ1n) is 8.08. The van der Waals surface area contributed by atoms with Crippen LogP contribution in [0, 0.1) is 6.92 Å². The quantitative estimate of drug-likeness (QED) is 0.587. The number of hydrogen-bond acceptors (Lipinski definition) is 5. The predicted molar refractivity (Wildman–Crippen MR) is 101 cm³/mol. The molecular weight excluding hydrogens is 316 g/mol. The standard InChI is InChI=1S/C19H18N4S/c1-3-4-14-18-15(23-19(20)22-14)7-6-13(21-18)17-10-12-9-11(2)5-8-16(12)24-17/h5-10H,3-4H2,1-2H3,(H2,20,22,23). The molecule has 0 unspecified atom stereocenters. The van der Waals surface area contributed by atoms with Crippen LogP contribution < -0.4 is 5.73 Å². The zero-order valence-electron chi connectivity index (χ0n) is 13.7. The van der Waals surface area contributed by atoms with Gasteiger partial charge in [-0.1, -0.05) is 31.0 Å². The van der Waals surface area contributed by atoms with Crippen LogP contribution in [0.3, 0.4) is 0 Å². The van der Waals surface area contributed by atoms with Crippen molar-refractivity contribution < 1.29 is 0 Å². The highest BCUT2D eigenvalue weighted by atomic mass is 32.1. The molecule has 0 bridgehead atoms. The lowest BCUT2D eigenvalue weighted by molar-refractivity contribution is 0.886. The van der Waals surface area contributed by atoms with Gasteiger partial charge in [0.2, 0.25) is 5.95 Å². The fourth-order valence-electron chi connectivity index (χ4n) is 2.93. The second-order valence-corrected chi connectivity index (χ2v) is 7.08. The van der Waals surface area contributed by atoms with E-state index < -0.39 is 0 Å². The lowest BCUT2D eigenvalue weighted by atomic mass is 10.1. The van der Waals surface area contributed by atoms with Crippen LogP contribution in [0.5, 0.6) is 0 Å². The Morgan fingerprint density at radius 3 is 2.75 bits per heavy atom.